The van der Waals surface area contributed by atoms with Gasteiger partial charge in [-0.1, -0.05) is 12.2 Å². The van der Waals surface area contributed by atoms with Crippen molar-refractivity contribution in [2.45, 2.75) is 32.2 Å². The first-order valence-electron chi connectivity index (χ1n) is 7.19. The maximum Gasteiger partial charge on any atom is 0.242 e. The summed E-state index contributed by atoms with van der Waals surface area (Å²) in [4.78, 5) is 30.1. The molecule has 6 nitrogen and oxygen atoms in total. The fourth-order valence-corrected chi connectivity index (χ4v) is 2.56. The standard InChI is InChI=1S/C14H26N4O2S/c1-14(2)13(20)17(4)9-10-18(14)8-6-12(19)16(3)7-5-11(15)21/h5-10H2,1-4H3,(H2,15,21). The van der Waals surface area contributed by atoms with Crippen molar-refractivity contribution >= 4 is 29.0 Å². The highest BCUT2D eigenvalue weighted by Gasteiger charge is 2.40. The number of hydrogen-bond acceptors (Lipinski definition) is 4. The van der Waals surface area contributed by atoms with Crippen LogP contribution in [0.15, 0.2) is 0 Å². The van der Waals surface area contributed by atoms with Gasteiger partial charge in [-0.3, -0.25) is 14.5 Å². The average Bonchev–Trinajstić information content (AvgIpc) is 2.41. The summed E-state index contributed by atoms with van der Waals surface area (Å²) in [5.74, 6) is 0.150. The molecule has 0 unspecified atom stereocenters. The number of carbonyl (C=O) groups is 2. The lowest BCUT2D eigenvalue weighted by molar-refractivity contribution is -0.148. The minimum atomic E-state index is -0.551. The van der Waals surface area contributed by atoms with E-state index in [0.29, 0.717) is 37.5 Å². The minimum Gasteiger partial charge on any atom is -0.393 e. The maximum atomic E-state index is 12.2. The van der Waals surface area contributed by atoms with Gasteiger partial charge in [-0.05, 0) is 13.8 Å². The monoisotopic (exact) mass is 314 g/mol. The molecule has 120 valence electrons. The Labute approximate surface area is 132 Å². The number of thiocarbonyl (C=S) groups is 1. The summed E-state index contributed by atoms with van der Waals surface area (Å²) in [6, 6.07) is 0. The van der Waals surface area contributed by atoms with Crippen LogP contribution in [0.2, 0.25) is 0 Å². The Morgan fingerprint density at radius 3 is 2.57 bits per heavy atom. The molecule has 1 rings (SSSR count). The van der Waals surface area contributed by atoms with Crippen molar-refractivity contribution in [2.75, 3.05) is 40.3 Å². The summed E-state index contributed by atoms with van der Waals surface area (Å²) in [6.45, 7) is 6.44. The van der Waals surface area contributed by atoms with E-state index in [1.165, 1.54) is 0 Å². The first kappa shape index (κ1) is 17.8. The SMILES string of the molecule is CN(CCC(N)=S)C(=O)CCN1CCN(C)C(=O)C1(C)C. The van der Waals surface area contributed by atoms with Gasteiger partial charge in [-0.25, -0.2) is 0 Å². The molecule has 1 aliphatic heterocycles. The van der Waals surface area contributed by atoms with Crippen LogP contribution in [0.3, 0.4) is 0 Å². The quantitative estimate of drug-likeness (QED) is 0.702. The first-order chi connectivity index (χ1) is 9.66. The fraction of sp³-hybridized carbons (Fsp3) is 0.786. The van der Waals surface area contributed by atoms with E-state index in [-0.39, 0.29) is 11.8 Å². The molecule has 1 heterocycles. The van der Waals surface area contributed by atoms with Gasteiger partial charge in [0.15, 0.2) is 0 Å². The van der Waals surface area contributed by atoms with Crippen molar-refractivity contribution in [1.29, 1.82) is 0 Å². The normalized spacial score (nSPS) is 18.7. The third-order valence-electron chi connectivity index (χ3n) is 4.08. The van der Waals surface area contributed by atoms with Crippen LogP contribution in [-0.4, -0.2) is 77.3 Å². The highest BCUT2D eigenvalue weighted by Crippen LogP contribution is 2.21. The van der Waals surface area contributed by atoms with Crippen LogP contribution in [0, 0.1) is 0 Å². The molecule has 1 aliphatic rings. The highest BCUT2D eigenvalue weighted by molar-refractivity contribution is 7.80. The van der Waals surface area contributed by atoms with Gasteiger partial charge in [-0.2, -0.15) is 0 Å². The fourth-order valence-electron chi connectivity index (χ4n) is 2.47. The number of amides is 2. The molecule has 1 saturated heterocycles. The van der Waals surface area contributed by atoms with Crippen LogP contribution in [0.25, 0.3) is 0 Å². The Hall–Kier alpha value is -1.21. The molecule has 0 saturated carbocycles. The Morgan fingerprint density at radius 2 is 2.00 bits per heavy atom. The van der Waals surface area contributed by atoms with Crippen molar-refractivity contribution < 1.29 is 9.59 Å². The van der Waals surface area contributed by atoms with Crippen molar-refractivity contribution in [1.82, 2.24) is 14.7 Å². The molecule has 7 heteroatoms. The summed E-state index contributed by atoms with van der Waals surface area (Å²) < 4.78 is 0. The van der Waals surface area contributed by atoms with Crippen molar-refractivity contribution in [3.63, 3.8) is 0 Å². The predicted octanol–water partition coefficient (Wildman–Crippen LogP) is 0.0637. The molecular formula is C14H26N4O2S. The van der Waals surface area contributed by atoms with Crippen molar-refractivity contribution in [2.24, 2.45) is 5.73 Å². The van der Waals surface area contributed by atoms with E-state index < -0.39 is 5.54 Å². The molecule has 0 atom stereocenters. The number of hydrogen-bond donors (Lipinski definition) is 1. The molecule has 0 bridgehead atoms. The van der Waals surface area contributed by atoms with Gasteiger partial charge >= 0.3 is 0 Å². The van der Waals surface area contributed by atoms with Crippen LogP contribution >= 0.6 is 12.2 Å². The topological polar surface area (TPSA) is 69.9 Å². The summed E-state index contributed by atoms with van der Waals surface area (Å²) in [6.07, 6.45) is 0.935. The number of rotatable bonds is 6. The van der Waals surface area contributed by atoms with E-state index in [0.717, 1.165) is 6.54 Å². The zero-order valence-electron chi connectivity index (χ0n) is 13.4. The van der Waals surface area contributed by atoms with Gasteiger partial charge in [0.05, 0.1) is 10.5 Å². The molecular weight excluding hydrogens is 288 g/mol. The van der Waals surface area contributed by atoms with Crippen LogP contribution in [-0.2, 0) is 9.59 Å². The zero-order chi connectivity index (χ0) is 16.2. The van der Waals surface area contributed by atoms with Crippen molar-refractivity contribution in [3.8, 4) is 0 Å². The van der Waals surface area contributed by atoms with Crippen LogP contribution in [0.5, 0.6) is 0 Å². The molecule has 0 radical (unpaired) electrons. The van der Waals surface area contributed by atoms with Gasteiger partial charge in [0.25, 0.3) is 0 Å². The second-order valence-electron chi connectivity index (χ2n) is 6.05. The molecule has 2 amide bonds. The molecule has 1 fully saturated rings. The lowest BCUT2D eigenvalue weighted by Crippen LogP contribution is -2.62. The Kier molecular flexibility index (Phi) is 6.10. The van der Waals surface area contributed by atoms with E-state index in [4.69, 9.17) is 18.0 Å². The summed E-state index contributed by atoms with van der Waals surface area (Å²) >= 11 is 4.81. The van der Waals surface area contributed by atoms with Crippen LogP contribution < -0.4 is 5.73 Å². The predicted molar refractivity (Wildman–Crippen MR) is 86.9 cm³/mol. The number of nitrogens with two attached hydrogens (primary N) is 1. The van der Waals surface area contributed by atoms with Crippen molar-refractivity contribution in [3.05, 3.63) is 0 Å². The van der Waals surface area contributed by atoms with Crippen LogP contribution in [0.1, 0.15) is 26.7 Å². The third-order valence-corrected chi connectivity index (χ3v) is 4.29. The lowest BCUT2D eigenvalue weighted by atomic mass is 9.97. The summed E-state index contributed by atoms with van der Waals surface area (Å²) in [7, 11) is 3.57. The molecule has 0 aliphatic carbocycles. The molecule has 0 spiro atoms. The molecule has 0 aromatic carbocycles. The molecule has 0 aromatic rings. The van der Waals surface area contributed by atoms with E-state index in [1.807, 2.05) is 20.9 Å². The van der Waals surface area contributed by atoms with Gasteiger partial charge in [0, 0.05) is 53.1 Å². The number of piperazine rings is 1. The Balaban J connectivity index is 2.49. The average molecular weight is 314 g/mol. The van der Waals surface area contributed by atoms with E-state index in [2.05, 4.69) is 4.90 Å². The second kappa shape index (κ2) is 7.17. The Bertz CT molecular complexity index is 425. The zero-order valence-corrected chi connectivity index (χ0v) is 14.2. The summed E-state index contributed by atoms with van der Waals surface area (Å²) in [5, 5.41) is 0. The van der Waals surface area contributed by atoms with Gasteiger partial charge < -0.3 is 15.5 Å². The number of likely N-dealkylation sites (N-methyl/N-ethyl adjacent to an activating group) is 1. The van der Waals surface area contributed by atoms with Gasteiger partial charge in [0.2, 0.25) is 11.8 Å². The number of carbonyl (C=O) groups excluding carboxylic acids is 2. The lowest BCUT2D eigenvalue weighted by Gasteiger charge is -2.44. The summed E-state index contributed by atoms with van der Waals surface area (Å²) in [5.41, 5.74) is 4.89. The van der Waals surface area contributed by atoms with Gasteiger partial charge in [-0.15, -0.1) is 0 Å². The van der Waals surface area contributed by atoms with E-state index >= 15 is 0 Å². The molecule has 21 heavy (non-hydrogen) atoms. The highest BCUT2D eigenvalue weighted by atomic mass is 32.1. The van der Waals surface area contributed by atoms with Gasteiger partial charge in [0.1, 0.15) is 0 Å². The van der Waals surface area contributed by atoms with Crippen LogP contribution in [0.4, 0.5) is 0 Å². The number of nitrogens with zero attached hydrogens (tertiary/aromatic N) is 3. The molecule has 2 N–H and O–H groups in total. The Morgan fingerprint density at radius 1 is 1.38 bits per heavy atom. The van der Waals surface area contributed by atoms with E-state index in [9.17, 15) is 9.59 Å². The minimum absolute atomic E-state index is 0.0495. The third kappa shape index (κ3) is 4.64. The smallest absolute Gasteiger partial charge is 0.242 e. The first-order valence-corrected chi connectivity index (χ1v) is 7.60. The largest absolute Gasteiger partial charge is 0.393 e. The van der Waals surface area contributed by atoms with E-state index in [1.54, 1.807) is 16.8 Å². The second-order valence-corrected chi connectivity index (χ2v) is 6.58. The maximum absolute atomic E-state index is 12.2. The molecule has 0 aromatic heterocycles.